The second-order valence-corrected chi connectivity index (χ2v) is 6.96. The van der Waals surface area contributed by atoms with Crippen LogP contribution in [0.4, 0.5) is 0 Å². The number of carbonyl (C=O) groups is 2. The van der Waals surface area contributed by atoms with E-state index < -0.39 is 0 Å². The summed E-state index contributed by atoms with van der Waals surface area (Å²) in [6, 6.07) is 20.0. The number of rotatable bonds is 5. The minimum Gasteiger partial charge on any atom is -0.459 e. The molecular weight excluding hydrogens is 368 g/mol. The smallest absolute Gasteiger partial charge is 0.289 e. The number of nitrogens with zero attached hydrogens (tertiary/aromatic N) is 1. The molecule has 0 atom stereocenters. The van der Waals surface area contributed by atoms with Gasteiger partial charge < -0.3 is 19.4 Å². The molecule has 0 saturated carbocycles. The van der Waals surface area contributed by atoms with E-state index in [1.807, 2.05) is 30.3 Å². The third-order valence-corrected chi connectivity index (χ3v) is 4.94. The Morgan fingerprint density at radius 2 is 1.59 bits per heavy atom. The Morgan fingerprint density at radius 1 is 0.897 bits per heavy atom. The summed E-state index contributed by atoms with van der Waals surface area (Å²) in [6.45, 7) is 1.18. The SMILES string of the molecule is O=C(NC1CCN(C(=O)c2ccco2)CC1)c1ccc(Oc2ccccc2)cc1. The second-order valence-electron chi connectivity index (χ2n) is 6.96. The zero-order valence-corrected chi connectivity index (χ0v) is 15.9. The van der Waals surface area contributed by atoms with Crippen molar-refractivity contribution in [2.45, 2.75) is 18.9 Å². The van der Waals surface area contributed by atoms with Crippen molar-refractivity contribution in [3.8, 4) is 11.5 Å². The fraction of sp³-hybridized carbons (Fsp3) is 0.217. The van der Waals surface area contributed by atoms with Gasteiger partial charge in [0.15, 0.2) is 5.76 Å². The quantitative estimate of drug-likeness (QED) is 0.712. The number of nitrogens with one attached hydrogen (secondary N) is 1. The van der Waals surface area contributed by atoms with E-state index in [2.05, 4.69) is 5.32 Å². The van der Waals surface area contributed by atoms with Crippen molar-refractivity contribution < 1.29 is 18.7 Å². The minimum atomic E-state index is -0.118. The first-order valence-electron chi connectivity index (χ1n) is 9.65. The van der Waals surface area contributed by atoms with Crippen molar-refractivity contribution in [3.63, 3.8) is 0 Å². The van der Waals surface area contributed by atoms with Crippen molar-refractivity contribution in [1.29, 1.82) is 0 Å². The number of carbonyl (C=O) groups excluding carboxylic acids is 2. The molecule has 1 aromatic heterocycles. The molecule has 0 bridgehead atoms. The van der Waals surface area contributed by atoms with Crippen LogP contribution in [-0.4, -0.2) is 35.8 Å². The topological polar surface area (TPSA) is 71.8 Å². The molecule has 3 aromatic rings. The molecule has 1 fully saturated rings. The van der Waals surface area contributed by atoms with E-state index in [-0.39, 0.29) is 17.9 Å². The molecule has 0 spiro atoms. The summed E-state index contributed by atoms with van der Waals surface area (Å²) in [5.41, 5.74) is 0.583. The van der Waals surface area contributed by atoms with Gasteiger partial charge in [-0.2, -0.15) is 0 Å². The van der Waals surface area contributed by atoms with Crippen molar-refractivity contribution >= 4 is 11.8 Å². The van der Waals surface area contributed by atoms with Crippen LogP contribution in [0.1, 0.15) is 33.8 Å². The molecule has 6 nitrogen and oxygen atoms in total. The Labute approximate surface area is 169 Å². The monoisotopic (exact) mass is 390 g/mol. The minimum absolute atomic E-state index is 0.0448. The zero-order chi connectivity index (χ0) is 20.1. The van der Waals surface area contributed by atoms with Crippen LogP contribution in [0.5, 0.6) is 11.5 Å². The summed E-state index contributed by atoms with van der Waals surface area (Å²) >= 11 is 0. The average molecular weight is 390 g/mol. The molecule has 4 rings (SSSR count). The van der Waals surface area contributed by atoms with Crippen LogP contribution in [0, 0.1) is 0 Å². The van der Waals surface area contributed by atoms with Crippen molar-refractivity contribution in [3.05, 3.63) is 84.3 Å². The lowest BCUT2D eigenvalue weighted by Crippen LogP contribution is -2.46. The predicted molar refractivity (Wildman–Crippen MR) is 108 cm³/mol. The molecule has 1 N–H and O–H groups in total. The lowest BCUT2D eigenvalue weighted by Gasteiger charge is -2.31. The van der Waals surface area contributed by atoms with Gasteiger partial charge in [-0.15, -0.1) is 0 Å². The summed E-state index contributed by atoms with van der Waals surface area (Å²) in [5.74, 6) is 1.56. The number of hydrogen-bond acceptors (Lipinski definition) is 4. The highest BCUT2D eigenvalue weighted by Crippen LogP contribution is 2.21. The van der Waals surface area contributed by atoms with E-state index in [1.54, 1.807) is 41.3 Å². The standard InChI is InChI=1S/C23H22N2O4/c26-22(17-8-10-20(11-9-17)29-19-5-2-1-3-6-19)24-18-12-14-25(15-13-18)23(27)21-7-4-16-28-21/h1-11,16,18H,12-15H2,(H,24,26). The van der Waals surface area contributed by atoms with Gasteiger partial charge in [-0.1, -0.05) is 18.2 Å². The van der Waals surface area contributed by atoms with Crippen molar-refractivity contribution in [2.75, 3.05) is 13.1 Å². The molecule has 1 aliphatic rings. The molecule has 6 heteroatoms. The zero-order valence-electron chi connectivity index (χ0n) is 15.9. The fourth-order valence-electron chi connectivity index (χ4n) is 3.35. The third kappa shape index (κ3) is 4.66. The number of ether oxygens (including phenoxy) is 1. The molecule has 2 heterocycles. The normalized spacial score (nSPS) is 14.4. The van der Waals surface area contributed by atoms with Crippen LogP contribution in [0.25, 0.3) is 0 Å². The van der Waals surface area contributed by atoms with Gasteiger partial charge in [0.25, 0.3) is 11.8 Å². The van der Waals surface area contributed by atoms with Crippen molar-refractivity contribution in [2.24, 2.45) is 0 Å². The molecular formula is C23H22N2O4. The third-order valence-electron chi connectivity index (χ3n) is 4.94. The second kappa shape index (κ2) is 8.65. The van der Waals surface area contributed by atoms with Gasteiger partial charge in [-0.25, -0.2) is 0 Å². The maximum absolute atomic E-state index is 12.5. The Kier molecular flexibility index (Phi) is 5.61. The van der Waals surface area contributed by atoms with Gasteiger partial charge in [0.05, 0.1) is 6.26 Å². The first-order chi connectivity index (χ1) is 14.2. The fourth-order valence-corrected chi connectivity index (χ4v) is 3.35. The van der Waals surface area contributed by atoms with Crippen LogP contribution in [-0.2, 0) is 0 Å². The van der Waals surface area contributed by atoms with Gasteiger partial charge >= 0.3 is 0 Å². The van der Waals surface area contributed by atoms with E-state index in [1.165, 1.54) is 6.26 Å². The van der Waals surface area contributed by atoms with Crippen LogP contribution in [0.3, 0.4) is 0 Å². The summed E-state index contributed by atoms with van der Waals surface area (Å²) in [7, 11) is 0. The molecule has 2 aromatic carbocycles. The van der Waals surface area contributed by atoms with E-state index in [4.69, 9.17) is 9.15 Å². The molecule has 0 aliphatic carbocycles. The molecule has 1 aliphatic heterocycles. The van der Waals surface area contributed by atoms with Gasteiger partial charge in [-0.3, -0.25) is 9.59 Å². The molecule has 0 unspecified atom stereocenters. The summed E-state index contributed by atoms with van der Waals surface area (Å²) in [4.78, 5) is 26.6. The number of likely N-dealkylation sites (tertiary alicyclic amines) is 1. The molecule has 1 saturated heterocycles. The Bertz CT molecular complexity index is 944. The molecule has 0 radical (unpaired) electrons. The van der Waals surface area contributed by atoms with Crippen LogP contribution in [0.15, 0.2) is 77.4 Å². The summed E-state index contributed by atoms with van der Waals surface area (Å²) in [5, 5.41) is 3.06. The van der Waals surface area contributed by atoms with Crippen molar-refractivity contribution in [1.82, 2.24) is 10.2 Å². The Balaban J connectivity index is 1.28. The number of amides is 2. The first kappa shape index (κ1) is 18.8. The highest BCUT2D eigenvalue weighted by atomic mass is 16.5. The van der Waals surface area contributed by atoms with E-state index in [9.17, 15) is 9.59 Å². The lowest BCUT2D eigenvalue weighted by atomic mass is 10.0. The Hall–Kier alpha value is -3.54. The number of piperidine rings is 1. The number of hydrogen-bond donors (Lipinski definition) is 1. The van der Waals surface area contributed by atoms with Crippen LogP contribution < -0.4 is 10.1 Å². The Morgan fingerprint density at radius 3 is 2.24 bits per heavy atom. The van der Waals surface area contributed by atoms with Crippen LogP contribution >= 0.6 is 0 Å². The molecule has 29 heavy (non-hydrogen) atoms. The summed E-state index contributed by atoms with van der Waals surface area (Å²) in [6.07, 6.45) is 2.93. The first-order valence-corrected chi connectivity index (χ1v) is 9.65. The maximum atomic E-state index is 12.5. The number of para-hydroxylation sites is 1. The largest absolute Gasteiger partial charge is 0.459 e. The average Bonchev–Trinajstić information content (AvgIpc) is 3.30. The van der Waals surface area contributed by atoms with Gasteiger partial charge in [0, 0.05) is 24.7 Å². The van der Waals surface area contributed by atoms with E-state index in [0.717, 1.165) is 5.75 Å². The molecule has 2 amide bonds. The van der Waals surface area contributed by atoms with Gasteiger partial charge in [0.2, 0.25) is 0 Å². The molecule has 148 valence electrons. The van der Waals surface area contributed by atoms with E-state index in [0.29, 0.717) is 43.0 Å². The van der Waals surface area contributed by atoms with Gasteiger partial charge in [0.1, 0.15) is 11.5 Å². The lowest BCUT2D eigenvalue weighted by molar-refractivity contribution is 0.0667. The summed E-state index contributed by atoms with van der Waals surface area (Å²) < 4.78 is 10.9. The van der Waals surface area contributed by atoms with E-state index >= 15 is 0 Å². The number of benzene rings is 2. The maximum Gasteiger partial charge on any atom is 0.289 e. The van der Waals surface area contributed by atoms with Crippen LogP contribution in [0.2, 0.25) is 0 Å². The predicted octanol–water partition coefficient (Wildman–Crippen LogP) is 4.11. The highest BCUT2D eigenvalue weighted by Gasteiger charge is 2.26. The van der Waals surface area contributed by atoms with Gasteiger partial charge in [-0.05, 0) is 61.4 Å². The number of furan rings is 1. The highest BCUT2D eigenvalue weighted by molar-refractivity contribution is 5.94.